The van der Waals surface area contributed by atoms with Crippen molar-refractivity contribution in [2.24, 2.45) is 5.41 Å². The van der Waals surface area contributed by atoms with Crippen molar-refractivity contribution < 1.29 is 9.53 Å². The third-order valence-corrected chi connectivity index (χ3v) is 5.33. The smallest absolute Gasteiger partial charge is 0.410 e. The Hall–Kier alpha value is -1.63. The molecule has 1 amide bonds. The standard InChI is InChI=1S/C18H31N5O2/c1-7-17(5,6)9-19-13-8-18(23-14(13)20-12-21-23)10-22(11-18)15(24)25-16(2,3)4/h12-13,19H,7-11H2,1-6H3/t13-/m0/s1. The molecule has 0 radical (unpaired) electrons. The number of ether oxygens (including phenoxy) is 1. The van der Waals surface area contributed by atoms with Crippen LogP contribution in [0.3, 0.4) is 0 Å². The van der Waals surface area contributed by atoms with Crippen molar-refractivity contribution in [3.8, 4) is 0 Å². The van der Waals surface area contributed by atoms with Gasteiger partial charge in [0.15, 0.2) is 0 Å². The maximum Gasteiger partial charge on any atom is 0.410 e. The van der Waals surface area contributed by atoms with Crippen LogP contribution in [0, 0.1) is 5.41 Å². The third-order valence-electron chi connectivity index (χ3n) is 5.33. The zero-order valence-electron chi connectivity index (χ0n) is 16.3. The van der Waals surface area contributed by atoms with Gasteiger partial charge in [0.25, 0.3) is 0 Å². The number of nitrogens with one attached hydrogen (secondary N) is 1. The van der Waals surface area contributed by atoms with Crippen LogP contribution in [0.25, 0.3) is 0 Å². The van der Waals surface area contributed by atoms with E-state index < -0.39 is 5.60 Å². The molecule has 2 aliphatic heterocycles. The molecule has 1 spiro atoms. The highest BCUT2D eigenvalue weighted by molar-refractivity contribution is 5.69. The second-order valence-corrected chi connectivity index (χ2v) is 9.25. The molecule has 2 aliphatic rings. The molecule has 140 valence electrons. The summed E-state index contributed by atoms with van der Waals surface area (Å²) in [6, 6.07) is 0.189. The molecule has 0 unspecified atom stereocenters. The van der Waals surface area contributed by atoms with E-state index in [1.807, 2.05) is 25.5 Å². The maximum absolute atomic E-state index is 12.3. The van der Waals surface area contributed by atoms with Crippen molar-refractivity contribution in [2.45, 2.75) is 71.6 Å². The number of rotatable bonds is 4. The summed E-state index contributed by atoms with van der Waals surface area (Å²) in [5.41, 5.74) is -0.358. The molecule has 1 aromatic rings. The van der Waals surface area contributed by atoms with Crippen LogP contribution in [-0.4, -0.2) is 51.0 Å². The van der Waals surface area contributed by atoms with Gasteiger partial charge < -0.3 is 15.0 Å². The fourth-order valence-electron chi connectivity index (χ4n) is 3.48. The molecule has 3 heterocycles. The van der Waals surface area contributed by atoms with Crippen LogP contribution >= 0.6 is 0 Å². The third kappa shape index (κ3) is 3.52. The van der Waals surface area contributed by atoms with Gasteiger partial charge in [0.05, 0.1) is 19.1 Å². The maximum atomic E-state index is 12.3. The summed E-state index contributed by atoms with van der Waals surface area (Å²) < 4.78 is 7.49. The summed E-state index contributed by atoms with van der Waals surface area (Å²) in [6.45, 7) is 14.6. The molecule has 1 aromatic heterocycles. The van der Waals surface area contributed by atoms with Gasteiger partial charge in [0.2, 0.25) is 0 Å². The van der Waals surface area contributed by atoms with Gasteiger partial charge in [-0.05, 0) is 39.0 Å². The Bertz CT molecular complexity index is 640. The monoisotopic (exact) mass is 349 g/mol. The van der Waals surface area contributed by atoms with E-state index in [-0.39, 0.29) is 23.1 Å². The highest BCUT2D eigenvalue weighted by Crippen LogP contribution is 2.44. The lowest BCUT2D eigenvalue weighted by Crippen LogP contribution is -2.64. The van der Waals surface area contributed by atoms with Gasteiger partial charge in [-0.25, -0.2) is 14.5 Å². The van der Waals surface area contributed by atoms with Gasteiger partial charge in [0.1, 0.15) is 23.3 Å². The lowest BCUT2D eigenvalue weighted by molar-refractivity contribution is -0.0314. The fraction of sp³-hybridized carbons (Fsp3) is 0.833. The van der Waals surface area contributed by atoms with Gasteiger partial charge in [-0.1, -0.05) is 20.8 Å². The first-order valence-corrected chi connectivity index (χ1v) is 9.17. The molecule has 3 rings (SSSR count). The summed E-state index contributed by atoms with van der Waals surface area (Å²) in [7, 11) is 0. The van der Waals surface area contributed by atoms with Crippen molar-refractivity contribution in [1.29, 1.82) is 0 Å². The molecule has 0 saturated carbocycles. The van der Waals surface area contributed by atoms with Crippen LogP contribution in [0.15, 0.2) is 6.33 Å². The Morgan fingerprint density at radius 3 is 2.64 bits per heavy atom. The summed E-state index contributed by atoms with van der Waals surface area (Å²) in [5.74, 6) is 0.982. The molecule has 1 atom stereocenters. The number of hydrogen-bond donors (Lipinski definition) is 1. The second-order valence-electron chi connectivity index (χ2n) is 9.25. The van der Waals surface area contributed by atoms with Crippen molar-refractivity contribution in [3.63, 3.8) is 0 Å². The molecule has 0 bridgehead atoms. The van der Waals surface area contributed by atoms with E-state index in [0.717, 1.165) is 25.2 Å². The summed E-state index contributed by atoms with van der Waals surface area (Å²) in [4.78, 5) is 18.5. The van der Waals surface area contributed by atoms with E-state index >= 15 is 0 Å². The molecule has 1 saturated heterocycles. The van der Waals surface area contributed by atoms with Crippen LogP contribution in [0.2, 0.25) is 0 Å². The molecule has 25 heavy (non-hydrogen) atoms. The Labute approximate surface area is 150 Å². The van der Waals surface area contributed by atoms with E-state index in [0.29, 0.717) is 13.1 Å². The average molecular weight is 349 g/mol. The van der Waals surface area contributed by atoms with E-state index in [4.69, 9.17) is 4.74 Å². The van der Waals surface area contributed by atoms with E-state index in [2.05, 4.69) is 36.2 Å². The van der Waals surface area contributed by atoms with Crippen LogP contribution in [-0.2, 0) is 10.3 Å². The van der Waals surface area contributed by atoms with Crippen LogP contribution < -0.4 is 5.32 Å². The Morgan fingerprint density at radius 1 is 1.36 bits per heavy atom. The highest BCUT2D eigenvalue weighted by Gasteiger charge is 2.55. The first kappa shape index (κ1) is 18.2. The van der Waals surface area contributed by atoms with Crippen molar-refractivity contribution >= 4 is 6.09 Å². The van der Waals surface area contributed by atoms with E-state index in [9.17, 15) is 4.79 Å². The fourth-order valence-corrected chi connectivity index (χ4v) is 3.48. The summed E-state index contributed by atoms with van der Waals surface area (Å²) >= 11 is 0. The van der Waals surface area contributed by atoms with Crippen LogP contribution in [0.1, 0.15) is 66.3 Å². The number of carbonyl (C=O) groups excluding carboxylic acids is 1. The predicted molar refractivity (Wildman–Crippen MR) is 95.2 cm³/mol. The minimum absolute atomic E-state index is 0.142. The molecular formula is C18H31N5O2. The molecule has 1 N–H and O–H groups in total. The van der Waals surface area contributed by atoms with Gasteiger partial charge in [-0.2, -0.15) is 5.10 Å². The highest BCUT2D eigenvalue weighted by atomic mass is 16.6. The van der Waals surface area contributed by atoms with Crippen LogP contribution in [0.5, 0.6) is 0 Å². The Balaban J connectivity index is 1.65. The van der Waals surface area contributed by atoms with Gasteiger partial charge in [0, 0.05) is 6.54 Å². The SMILES string of the molecule is CCC(C)(C)CN[C@H]1CC2(CN(C(=O)OC(C)(C)C)C2)n2ncnc21. The lowest BCUT2D eigenvalue weighted by Gasteiger charge is -2.47. The quantitative estimate of drug-likeness (QED) is 0.905. The van der Waals surface area contributed by atoms with E-state index in [1.54, 1.807) is 11.2 Å². The number of amides is 1. The Morgan fingerprint density at radius 2 is 2.04 bits per heavy atom. The van der Waals surface area contributed by atoms with Crippen molar-refractivity contribution in [1.82, 2.24) is 25.0 Å². The lowest BCUT2D eigenvalue weighted by atomic mass is 9.86. The predicted octanol–water partition coefficient (Wildman–Crippen LogP) is 2.69. The normalized spacial score (nSPS) is 22.0. The van der Waals surface area contributed by atoms with Gasteiger partial charge >= 0.3 is 6.09 Å². The van der Waals surface area contributed by atoms with Crippen LogP contribution in [0.4, 0.5) is 4.79 Å². The number of carbonyl (C=O) groups is 1. The molecule has 0 aliphatic carbocycles. The Kier molecular flexibility index (Phi) is 4.34. The van der Waals surface area contributed by atoms with Gasteiger partial charge in [-0.15, -0.1) is 0 Å². The zero-order chi connectivity index (χ0) is 18.5. The number of likely N-dealkylation sites (tertiary alicyclic amines) is 1. The van der Waals surface area contributed by atoms with Crippen molar-refractivity contribution in [3.05, 3.63) is 12.2 Å². The first-order chi connectivity index (χ1) is 11.6. The van der Waals surface area contributed by atoms with E-state index in [1.165, 1.54) is 0 Å². The average Bonchev–Trinajstić information content (AvgIpc) is 3.02. The minimum atomic E-state index is -0.468. The van der Waals surface area contributed by atoms with Crippen molar-refractivity contribution in [2.75, 3.05) is 19.6 Å². The second kappa shape index (κ2) is 5.97. The molecule has 1 fully saturated rings. The summed E-state index contributed by atoms with van der Waals surface area (Å²) in [6.07, 6.45) is 3.41. The topological polar surface area (TPSA) is 72.3 Å². The number of nitrogens with zero attached hydrogens (tertiary/aromatic N) is 4. The molecule has 7 heteroatoms. The first-order valence-electron chi connectivity index (χ1n) is 9.17. The zero-order valence-corrected chi connectivity index (χ0v) is 16.3. The molecular weight excluding hydrogens is 318 g/mol. The molecule has 0 aromatic carbocycles. The van der Waals surface area contributed by atoms with Gasteiger partial charge in [-0.3, -0.25) is 0 Å². The number of aromatic nitrogens is 3. The number of fused-ring (bicyclic) bond motifs is 2. The summed E-state index contributed by atoms with van der Waals surface area (Å²) in [5, 5.41) is 8.10. The number of hydrogen-bond acceptors (Lipinski definition) is 5. The minimum Gasteiger partial charge on any atom is -0.444 e. The molecule has 7 nitrogen and oxygen atoms in total. The largest absolute Gasteiger partial charge is 0.444 e.